The van der Waals surface area contributed by atoms with Crippen LogP contribution in [-0.2, 0) is 10.0 Å². The summed E-state index contributed by atoms with van der Waals surface area (Å²) < 4.78 is 27.9. The molecule has 21 heavy (non-hydrogen) atoms. The monoisotopic (exact) mass is 310 g/mol. The number of sulfonamides is 1. The summed E-state index contributed by atoms with van der Waals surface area (Å²) in [6.45, 7) is 4.98. The van der Waals surface area contributed by atoms with Gasteiger partial charge >= 0.3 is 0 Å². The minimum atomic E-state index is -3.42. The first-order chi connectivity index (χ1) is 10.0. The summed E-state index contributed by atoms with van der Waals surface area (Å²) in [4.78, 5) is 0.348. The van der Waals surface area contributed by atoms with Crippen molar-refractivity contribution in [1.82, 2.24) is 4.72 Å². The van der Waals surface area contributed by atoms with Crippen molar-refractivity contribution in [2.24, 2.45) is 5.92 Å². The fraction of sp³-hybridized carbons (Fsp3) is 0.625. The Bertz CT molecular complexity index is 540. The summed E-state index contributed by atoms with van der Waals surface area (Å²) in [6.07, 6.45) is 5.57. The molecule has 1 aliphatic carbocycles. The maximum atomic E-state index is 12.5. The second-order valence-electron chi connectivity index (χ2n) is 5.90. The van der Waals surface area contributed by atoms with Gasteiger partial charge < -0.3 is 5.32 Å². The smallest absolute Gasteiger partial charge is 0.240 e. The Kier molecular flexibility index (Phi) is 5.65. The van der Waals surface area contributed by atoms with Crippen molar-refractivity contribution in [1.29, 1.82) is 0 Å². The Hall–Kier alpha value is -1.07. The third-order valence-electron chi connectivity index (χ3n) is 4.21. The first-order valence-corrected chi connectivity index (χ1v) is 9.37. The molecule has 0 radical (unpaired) electrons. The molecule has 4 nitrogen and oxygen atoms in total. The Morgan fingerprint density at radius 3 is 2.43 bits per heavy atom. The van der Waals surface area contributed by atoms with Crippen molar-refractivity contribution in [3.05, 3.63) is 24.3 Å². The number of hydrogen-bond acceptors (Lipinski definition) is 3. The predicted molar refractivity (Wildman–Crippen MR) is 87.0 cm³/mol. The molecule has 1 saturated carbocycles. The van der Waals surface area contributed by atoms with Crippen LogP contribution in [0.4, 0.5) is 5.69 Å². The summed E-state index contributed by atoms with van der Waals surface area (Å²) >= 11 is 0. The lowest BCUT2D eigenvalue weighted by Crippen LogP contribution is -2.38. The number of anilines is 1. The molecule has 2 atom stereocenters. The zero-order valence-electron chi connectivity index (χ0n) is 12.9. The van der Waals surface area contributed by atoms with E-state index < -0.39 is 10.0 Å². The molecular weight excluding hydrogens is 284 g/mol. The van der Waals surface area contributed by atoms with E-state index in [-0.39, 0.29) is 6.04 Å². The van der Waals surface area contributed by atoms with E-state index in [1.807, 2.05) is 19.1 Å². The van der Waals surface area contributed by atoms with E-state index in [2.05, 4.69) is 17.0 Å². The highest BCUT2D eigenvalue weighted by Gasteiger charge is 2.25. The molecule has 2 rings (SSSR count). The van der Waals surface area contributed by atoms with Crippen molar-refractivity contribution in [3.8, 4) is 0 Å². The van der Waals surface area contributed by atoms with Crippen LogP contribution in [0.1, 0.15) is 46.0 Å². The Balaban J connectivity index is 2.09. The first-order valence-electron chi connectivity index (χ1n) is 7.89. The van der Waals surface area contributed by atoms with Gasteiger partial charge in [-0.05, 0) is 49.9 Å². The van der Waals surface area contributed by atoms with Crippen molar-refractivity contribution < 1.29 is 8.42 Å². The summed E-state index contributed by atoms with van der Waals surface area (Å²) in [5.41, 5.74) is 0.944. The molecule has 5 heteroatoms. The Morgan fingerprint density at radius 2 is 1.76 bits per heavy atom. The fourth-order valence-corrected chi connectivity index (χ4v) is 4.27. The maximum absolute atomic E-state index is 12.5. The van der Waals surface area contributed by atoms with E-state index in [1.54, 1.807) is 12.1 Å². The SMILES string of the molecule is CCNc1ccc(S(=O)(=O)NC2CCCCCC2C)cc1. The number of benzene rings is 1. The van der Waals surface area contributed by atoms with Crippen LogP contribution in [0.5, 0.6) is 0 Å². The predicted octanol–water partition coefficient (Wildman–Crippen LogP) is 3.37. The fourth-order valence-electron chi connectivity index (χ4n) is 2.89. The number of hydrogen-bond donors (Lipinski definition) is 2. The third-order valence-corrected chi connectivity index (χ3v) is 5.72. The van der Waals surface area contributed by atoms with Gasteiger partial charge in [-0.3, -0.25) is 0 Å². The van der Waals surface area contributed by atoms with Crippen LogP contribution in [0.2, 0.25) is 0 Å². The lowest BCUT2D eigenvalue weighted by molar-refractivity contribution is 0.399. The molecule has 1 aromatic carbocycles. The summed E-state index contributed by atoms with van der Waals surface area (Å²) in [5, 5.41) is 3.17. The summed E-state index contributed by atoms with van der Waals surface area (Å²) in [7, 11) is -3.42. The molecule has 0 spiro atoms. The van der Waals surface area contributed by atoms with Gasteiger partial charge in [0.25, 0.3) is 0 Å². The van der Waals surface area contributed by atoms with Crippen LogP contribution in [-0.4, -0.2) is 21.0 Å². The van der Waals surface area contributed by atoms with E-state index in [1.165, 1.54) is 12.8 Å². The molecule has 1 aliphatic rings. The van der Waals surface area contributed by atoms with Crippen LogP contribution < -0.4 is 10.0 Å². The van der Waals surface area contributed by atoms with Crippen molar-refractivity contribution in [2.75, 3.05) is 11.9 Å². The average molecular weight is 310 g/mol. The zero-order valence-corrected chi connectivity index (χ0v) is 13.7. The normalized spacial score (nSPS) is 23.5. The minimum absolute atomic E-state index is 0.0611. The maximum Gasteiger partial charge on any atom is 0.240 e. The molecule has 0 amide bonds. The van der Waals surface area contributed by atoms with Gasteiger partial charge in [0.05, 0.1) is 4.90 Å². The minimum Gasteiger partial charge on any atom is -0.385 e. The van der Waals surface area contributed by atoms with Gasteiger partial charge in [0.2, 0.25) is 10.0 Å². The molecule has 0 heterocycles. The second-order valence-corrected chi connectivity index (χ2v) is 7.61. The van der Waals surface area contributed by atoms with Gasteiger partial charge in [-0.15, -0.1) is 0 Å². The van der Waals surface area contributed by atoms with Crippen LogP contribution in [0.15, 0.2) is 29.2 Å². The lowest BCUT2D eigenvalue weighted by Gasteiger charge is -2.22. The van der Waals surface area contributed by atoms with Gasteiger partial charge in [0, 0.05) is 18.3 Å². The average Bonchev–Trinajstić information content (AvgIpc) is 2.65. The molecule has 2 N–H and O–H groups in total. The van der Waals surface area contributed by atoms with Gasteiger partial charge in [0.1, 0.15) is 0 Å². The summed E-state index contributed by atoms with van der Waals surface area (Å²) in [5.74, 6) is 0.406. The topological polar surface area (TPSA) is 58.2 Å². The van der Waals surface area contributed by atoms with Crippen molar-refractivity contribution in [2.45, 2.75) is 56.9 Å². The van der Waals surface area contributed by atoms with Crippen LogP contribution >= 0.6 is 0 Å². The summed E-state index contributed by atoms with van der Waals surface area (Å²) in [6, 6.07) is 7.03. The Morgan fingerprint density at radius 1 is 1.10 bits per heavy atom. The van der Waals surface area contributed by atoms with Gasteiger partial charge in [0.15, 0.2) is 0 Å². The molecule has 0 saturated heterocycles. The van der Waals surface area contributed by atoms with Crippen LogP contribution in [0, 0.1) is 5.92 Å². The molecule has 0 bridgehead atoms. The highest BCUT2D eigenvalue weighted by molar-refractivity contribution is 7.89. The van der Waals surface area contributed by atoms with Gasteiger partial charge in [-0.25, -0.2) is 13.1 Å². The van der Waals surface area contributed by atoms with Crippen LogP contribution in [0.25, 0.3) is 0 Å². The molecule has 2 unspecified atom stereocenters. The molecule has 1 fully saturated rings. The highest BCUT2D eigenvalue weighted by Crippen LogP contribution is 2.24. The van der Waals surface area contributed by atoms with Gasteiger partial charge in [-0.1, -0.05) is 26.2 Å². The van der Waals surface area contributed by atoms with E-state index in [4.69, 9.17) is 0 Å². The van der Waals surface area contributed by atoms with E-state index in [0.717, 1.165) is 31.5 Å². The standard InChI is InChI=1S/C16H26N2O2S/c1-3-17-14-9-11-15(12-10-14)21(19,20)18-16-8-6-4-5-7-13(16)2/h9-13,16-18H,3-8H2,1-2H3. The first kappa shape index (κ1) is 16.3. The van der Waals surface area contributed by atoms with Gasteiger partial charge in [-0.2, -0.15) is 0 Å². The number of nitrogens with one attached hydrogen (secondary N) is 2. The molecule has 0 aromatic heterocycles. The van der Waals surface area contributed by atoms with Crippen LogP contribution in [0.3, 0.4) is 0 Å². The Labute approximate surface area is 128 Å². The highest BCUT2D eigenvalue weighted by atomic mass is 32.2. The largest absolute Gasteiger partial charge is 0.385 e. The quantitative estimate of drug-likeness (QED) is 0.820. The van der Waals surface area contributed by atoms with Crippen molar-refractivity contribution in [3.63, 3.8) is 0 Å². The molecule has 0 aliphatic heterocycles. The third kappa shape index (κ3) is 4.45. The second kappa shape index (κ2) is 7.27. The van der Waals surface area contributed by atoms with Crippen molar-refractivity contribution >= 4 is 15.7 Å². The molecule has 118 valence electrons. The number of rotatable bonds is 5. The zero-order chi connectivity index (χ0) is 15.3. The molecular formula is C16H26N2O2S. The molecule has 1 aromatic rings. The van der Waals surface area contributed by atoms with E-state index >= 15 is 0 Å². The van der Waals surface area contributed by atoms with E-state index in [9.17, 15) is 8.42 Å². The van der Waals surface area contributed by atoms with E-state index in [0.29, 0.717) is 10.8 Å². The lowest BCUT2D eigenvalue weighted by atomic mass is 9.98.